The van der Waals surface area contributed by atoms with Gasteiger partial charge in [0.25, 0.3) is 0 Å². The van der Waals surface area contributed by atoms with Crippen molar-refractivity contribution in [3.63, 3.8) is 0 Å². The van der Waals surface area contributed by atoms with Gasteiger partial charge in [-0.1, -0.05) is 30.3 Å². The molecule has 154 valence electrons. The Hall–Kier alpha value is -3.02. The van der Waals surface area contributed by atoms with Crippen LogP contribution in [-0.2, 0) is 11.3 Å². The second kappa shape index (κ2) is 10.5. The Morgan fingerprint density at radius 3 is 2.52 bits per heavy atom. The maximum absolute atomic E-state index is 11.6. The monoisotopic (exact) mass is 394 g/mol. The third-order valence-electron chi connectivity index (χ3n) is 5.21. The molecule has 0 atom stereocenters. The fourth-order valence-electron chi connectivity index (χ4n) is 3.57. The van der Waals surface area contributed by atoms with Crippen molar-refractivity contribution < 1.29 is 9.53 Å². The summed E-state index contributed by atoms with van der Waals surface area (Å²) in [5, 5.41) is 6.17. The van der Waals surface area contributed by atoms with Gasteiger partial charge in [0.15, 0.2) is 5.96 Å². The SMILES string of the molecule is CN=C(NCc1cccc(Oc2ccccc2)c1)N1CCC(CC(=O)NC)CC1. The molecule has 2 aromatic carbocycles. The second-order valence-electron chi connectivity index (χ2n) is 7.27. The zero-order valence-corrected chi connectivity index (χ0v) is 17.2. The number of amides is 1. The van der Waals surface area contributed by atoms with Gasteiger partial charge in [-0.15, -0.1) is 0 Å². The number of hydrogen-bond donors (Lipinski definition) is 2. The van der Waals surface area contributed by atoms with Crippen LogP contribution in [0.1, 0.15) is 24.8 Å². The van der Waals surface area contributed by atoms with Crippen molar-refractivity contribution in [2.24, 2.45) is 10.9 Å². The van der Waals surface area contributed by atoms with Gasteiger partial charge in [-0.2, -0.15) is 0 Å². The van der Waals surface area contributed by atoms with Crippen LogP contribution in [0.2, 0.25) is 0 Å². The number of ether oxygens (including phenoxy) is 1. The van der Waals surface area contributed by atoms with E-state index in [0.717, 1.165) is 49.0 Å². The molecule has 0 radical (unpaired) electrons. The highest BCUT2D eigenvalue weighted by Gasteiger charge is 2.23. The molecule has 2 N–H and O–H groups in total. The van der Waals surface area contributed by atoms with Gasteiger partial charge in [0.1, 0.15) is 11.5 Å². The maximum atomic E-state index is 11.6. The molecule has 0 aromatic heterocycles. The van der Waals surface area contributed by atoms with Gasteiger partial charge in [-0.3, -0.25) is 9.79 Å². The van der Waals surface area contributed by atoms with Crippen molar-refractivity contribution in [2.45, 2.75) is 25.8 Å². The first-order valence-electron chi connectivity index (χ1n) is 10.2. The van der Waals surface area contributed by atoms with Crippen molar-refractivity contribution in [1.82, 2.24) is 15.5 Å². The molecule has 1 amide bonds. The molecule has 29 heavy (non-hydrogen) atoms. The Kier molecular flexibility index (Phi) is 7.50. The lowest BCUT2D eigenvalue weighted by Gasteiger charge is -2.34. The van der Waals surface area contributed by atoms with Crippen LogP contribution >= 0.6 is 0 Å². The van der Waals surface area contributed by atoms with E-state index in [1.165, 1.54) is 0 Å². The molecule has 1 aliphatic heterocycles. The van der Waals surface area contributed by atoms with E-state index in [1.807, 2.05) is 55.6 Å². The van der Waals surface area contributed by atoms with Crippen LogP contribution in [0.3, 0.4) is 0 Å². The van der Waals surface area contributed by atoms with E-state index in [2.05, 4.69) is 26.6 Å². The molecule has 1 heterocycles. The van der Waals surface area contributed by atoms with E-state index in [4.69, 9.17) is 4.74 Å². The first-order chi connectivity index (χ1) is 14.2. The number of likely N-dealkylation sites (tertiary alicyclic amines) is 1. The fourth-order valence-corrected chi connectivity index (χ4v) is 3.57. The highest BCUT2D eigenvalue weighted by atomic mass is 16.5. The number of rotatable bonds is 6. The highest BCUT2D eigenvalue weighted by molar-refractivity contribution is 5.80. The first-order valence-corrected chi connectivity index (χ1v) is 10.2. The standard InChI is InChI=1S/C23H30N4O2/c1-24-22(28)16-18-11-13-27(14-12-18)23(25-2)26-17-19-7-6-10-21(15-19)29-20-8-4-3-5-9-20/h3-10,15,18H,11-14,16-17H2,1-2H3,(H,24,28)(H,25,26). The lowest BCUT2D eigenvalue weighted by Crippen LogP contribution is -2.45. The van der Waals surface area contributed by atoms with Crippen LogP contribution in [0, 0.1) is 5.92 Å². The molecule has 0 spiro atoms. The lowest BCUT2D eigenvalue weighted by molar-refractivity contribution is -0.121. The van der Waals surface area contributed by atoms with Gasteiger partial charge in [0.2, 0.25) is 5.91 Å². The van der Waals surface area contributed by atoms with Gasteiger partial charge < -0.3 is 20.3 Å². The number of carbonyl (C=O) groups excluding carboxylic acids is 1. The normalized spacial score (nSPS) is 15.1. The van der Waals surface area contributed by atoms with Crippen LogP contribution in [-0.4, -0.2) is 44.0 Å². The zero-order valence-electron chi connectivity index (χ0n) is 17.2. The summed E-state index contributed by atoms with van der Waals surface area (Å²) in [5.74, 6) is 3.13. The van der Waals surface area contributed by atoms with Gasteiger partial charge in [0.05, 0.1) is 0 Å². The molecule has 1 saturated heterocycles. The maximum Gasteiger partial charge on any atom is 0.220 e. The van der Waals surface area contributed by atoms with Crippen LogP contribution < -0.4 is 15.4 Å². The van der Waals surface area contributed by atoms with Crippen LogP contribution in [0.4, 0.5) is 0 Å². The number of nitrogens with one attached hydrogen (secondary N) is 2. The Morgan fingerprint density at radius 1 is 1.10 bits per heavy atom. The van der Waals surface area contributed by atoms with Crippen LogP contribution in [0.5, 0.6) is 11.5 Å². The van der Waals surface area contributed by atoms with E-state index >= 15 is 0 Å². The molecule has 0 unspecified atom stereocenters. The number of guanidine groups is 1. The van der Waals surface area contributed by atoms with Gasteiger partial charge in [-0.05, 0) is 48.6 Å². The summed E-state index contributed by atoms with van der Waals surface area (Å²) in [6, 6.07) is 17.9. The van der Waals surface area contributed by atoms with Crippen molar-refractivity contribution in [1.29, 1.82) is 0 Å². The third-order valence-corrected chi connectivity index (χ3v) is 5.21. The van der Waals surface area contributed by atoms with Crippen molar-refractivity contribution >= 4 is 11.9 Å². The number of nitrogens with zero attached hydrogens (tertiary/aromatic N) is 2. The molecule has 0 aliphatic carbocycles. The number of carbonyl (C=O) groups is 1. The Morgan fingerprint density at radius 2 is 1.83 bits per heavy atom. The smallest absolute Gasteiger partial charge is 0.220 e. The minimum Gasteiger partial charge on any atom is -0.457 e. The number of benzene rings is 2. The van der Waals surface area contributed by atoms with Gasteiger partial charge in [0, 0.05) is 40.2 Å². The number of piperidine rings is 1. The largest absolute Gasteiger partial charge is 0.457 e. The minimum absolute atomic E-state index is 0.128. The lowest BCUT2D eigenvalue weighted by atomic mass is 9.93. The summed E-state index contributed by atoms with van der Waals surface area (Å²) >= 11 is 0. The van der Waals surface area contributed by atoms with E-state index in [-0.39, 0.29) is 5.91 Å². The third kappa shape index (κ3) is 6.24. The van der Waals surface area contributed by atoms with Crippen molar-refractivity contribution in [3.05, 3.63) is 60.2 Å². The summed E-state index contributed by atoms with van der Waals surface area (Å²) < 4.78 is 5.92. The molecule has 1 aliphatic rings. The molecule has 0 bridgehead atoms. The number of aliphatic imine (C=N–C) groups is 1. The van der Waals surface area contributed by atoms with E-state index in [9.17, 15) is 4.79 Å². The summed E-state index contributed by atoms with van der Waals surface area (Å²) in [5.41, 5.74) is 1.13. The number of para-hydroxylation sites is 1. The first kappa shape index (κ1) is 20.7. The van der Waals surface area contributed by atoms with Crippen molar-refractivity contribution in [2.75, 3.05) is 27.2 Å². The Labute approximate surface area is 173 Å². The minimum atomic E-state index is 0.128. The summed E-state index contributed by atoms with van der Waals surface area (Å²) in [6.45, 7) is 2.51. The highest BCUT2D eigenvalue weighted by Crippen LogP contribution is 2.22. The quantitative estimate of drug-likeness (QED) is 0.582. The van der Waals surface area contributed by atoms with E-state index < -0.39 is 0 Å². The Bertz CT molecular complexity index is 815. The predicted molar refractivity (Wildman–Crippen MR) is 116 cm³/mol. The molecule has 6 heteroatoms. The zero-order chi connectivity index (χ0) is 20.5. The predicted octanol–water partition coefficient (Wildman–Crippen LogP) is 3.40. The molecule has 0 saturated carbocycles. The average Bonchev–Trinajstić information content (AvgIpc) is 2.76. The molecule has 3 rings (SSSR count). The van der Waals surface area contributed by atoms with E-state index in [1.54, 1.807) is 7.05 Å². The van der Waals surface area contributed by atoms with E-state index in [0.29, 0.717) is 18.9 Å². The molecular formula is C23H30N4O2. The average molecular weight is 395 g/mol. The number of hydrogen-bond acceptors (Lipinski definition) is 3. The fraction of sp³-hybridized carbons (Fsp3) is 0.391. The second-order valence-corrected chi connectivity index (χ2v) is 7.27. The molecular weight excluding hydrogens is 364 g/mol. The van der Waals surface area contributed by atoms with Gasteiger partial charge in [-0.25, -0.2) is 0 Å². The summed E-state index contributed by atoms with van der Waals surface area (Å²) in [6.07, 6.45) is 2.63. The molecule has 2 aromatic rings. The molecule has 6 nitrogen and oxygen atoms in total. The summed E-state index contributed by atoms with van der Waals surface area (Å²) in [4.78, 5) is 18.3. The van der Waals surface area contributed by atoms with Gasteiger partial charge >= 0.3 is 0 Å². The van der Waals surface area contributed by atoms with Crippen LogP contribution in [0.15, 0.2) is 59.6 Å². The van der Waals surface area contributed by atoms with Crippen molar-refractivity contribution in [3.8, 4) is 11.5 Å². The van der Waals surface area contributed by atoms with Crippen LogP contribution in [0.25, 0.3) is 0 Å². The molecule has 1 fully saturated rings. The Balaban J connectivity index is 1.51. The topological polar surface area (TPSA) is 66.0 Å². The summed E-state index contributed by atoms with van der Waals surface area (Å²) in [7, 11) is 3.51.